The van der Waals surface area contributed by atoms with Gasteiger partial charge in [-0.25, -0.2) is 9.37 Å². The van der Waals surface area contributed by atoms with Crippen molar-refractivity contribution in [3.63, 3.8) is 0 Å². The van der Waals surface area contributed by atoms with Gasteiger partial charge in [0.1, 0.15) is 23.0 Å². The van der Waals surface area contributed by atoms with E-state index in [2.05, 4.69) is 9.97 Å². The zero-order valence-corrected chi connectivity index (χ0v) is 20.1. The van der Waals surface area contributed by atoms with Gasteiger partial charge in [0.05, 0.1) is 23.8 Å². The number of carbonyl (C=O) groups is 1. The Morgan fingerprint density at radius 2 is 1.81 bits per heavy atom. The predicted molar refractivity (Wildman–Crippen MR) is 140 cm³/mol. The van der Waals surface area contributed by atoms with Crippen LogP contribution in [0.4, 0.5) is 10.1 Å². The van der Waals surface area contributed by atoms with E-state index >= 15 is 0 Å². The van der Waals surface area contributed by atoms with Crippen LogP contribution >= 0.6 is 0 Å². The van der Waals surface area contributed by atoms with Crippen molar-refractivity contribution in [2.75, 3.05) is 38.2 Å². The van der Waals surface area contributed by atoms with E-state index in [9.17, 15) is 19.1 Å². The number of aliphatic hydroxyl groups is 1. The summed E-state index contributed by atoms with van der Waals surface area (Å²) in [6, 6.07) is 18.4. The third-order valence-corrected chi connectivity index (χ3v) is 6.36. The minimum Gasteiger partial charge on any atom is -0.507 e. The molecule has 4 aromatic rings. The molecule has 0 unspecified atom stereocenters. The molecule has 1 saturated heterocycles. The Kier molecular flexibility index (Phi) is 6.59. The fourth-order valence-corrected chi connectivity index (χ4v) is 4.37. The molecule has 0 aliphatic carbocycles. The first-order valence-electron chi connectivity index (χ1n) is 11.8. The van der Waals surface area contributed by atoms with E-state index < -0.39 is 5.56 Å². The molecule has 2 heterocycles. The third-order valence-electron chi connectivity index (χ3n) is 6.36. The number of carbonyl (C=O) groups excluding carboxylic acids is 1. The van der Waals surface area contributed by atoms with Crippen LogP contribution in [-0.2, 0) is 0 Å². The lowest BCUT2D eigenvalue weighted by atomic mass is 10.1. The van der Waals surface area contributed by atoms with Crippen molar-refractivity contribution >= 4 is 34.5 Å². The number of rotatable bonds is 5. The van der Waals surface area contributed by atoms with E-state index in [4.69, 9.17) is 4.74 Å². The number of hydrogen-bond acceptors (Lipinski definition) is 6. The molecule has 37 heavy (non-hydrogen) atoms. The first kappa shape index (κ1) is 24.1. The van der Waals surface area contributed by atoms with Gasteiger partial charge in [0.2, 0.25) is 0 Å². The lowest BCUT2D eigenvalue weighted by Gasteiger charge is -2.36. The summed E-state index contributed by atoms with van der Waals surface area (Å²) in [6.07, 6.45) is 1.29. The van der Waals surface area contributed by atoms with Gasteiger partial charge < -0.3 is 24.6 Å². The summed E-state index contributed by atoms with van der Waals surface area (Å²) in [7, 11) is 1.53. The first-order chi connectivity index (χ1) is 17.9. The molecule has 0 radical (unpaired) electrons. The largest absolute Gasteiger partial charge is 0.507 e. The molecule has 2 N–H and O–H groups in total. The molecule has 5 rings (SSSR count). The number of methoxy groups -OCH3 is 1. The van der Waals surface area contributed by atoms with Crippen molar-refractivity contribution < 1.29 is 19.0 Å². The molecule has 0 spiro atoms. The fraction of sp³-hybridized carbons (Fsp3) is 0.179. The number of piperazine rings is 1. The molecule has 1 aromatic heterocycles. The van der Waals surface area contributed by atoms with Crippen LogP contribution in [0.2, 0.25) is 0 Å². The number of nitrogens with one attached hydrogen (secondary N) is 1. The third kappa shape index (κ3) is 5.02. The number of benzene rings is 3. The van der Waals surface area contributed by atoms with Crippen LogP contribution in [0.5, 0.6) is 5.75 Å². The zero-order chi connectivity index (χ0) is 25.9. The number of anilines is 1. The van der Waals surface area contributed by atoms with Crippen molar-refractivity contribution in [1.29, 1.82) is 0 Å². The molecule has 3 aromatic carbocycles. The smallest absolute Gasteiger partial charge is 0.274 e. The van der Waals surface area contributed by atoms with Gasteiger partial charge in [0, 0.05) is 43.4 Å². The first-order valence-corrected chi connectivity index (χ1v) is 11.8. The summed E-state index contributed by atoms with van der Waals surface area (Å²) in [5.41, 5.74) is 1.88. The highest BCUT2D eigenvalue weighted by Crippen LogP contribution is 2.22. The van der Waals surface area contributed by atoms with Crippen LogP contribution in [0.15, 0.2) is 71.5 Å². The molecular formula is C28H25FN4O4. The van der Waals surface area contributed by atoms with Gasteiger partial charge in [0.25, 0.3) is 11.5 Å². The summed E-state index contributed by atoms with van der Waals surface area (Å²) in [6.45, 7) is 1.94. The molecule has 1 aliphatic heterocycles. The van der Waals surface area contributed by atoms with E-state index in [0.29, 0.717) is 59.8 Å². The zero-order valence-electron chi connectivity index (χ0n) is 20.1. The number of aromatic amines is 1. The Labute approximate surface area is 212 Å². The number of para-hydroxylation sites is 1. The average molecular weight is 501 g/mol. The number of aromatic nitrogens is 2. The number of ether oxygens (including phenoxy) is 1. The van der Waals surface area contributed by atoms with Crippen molar-refractivity contribution in [3.8, 4) is 5.75 Å². The standard InChI is InChI=1S/C28H25FN4O4/c1-37-20-6-4-5-18(15-20)26(34)17-24-27(35)31-23-16-19(9-10-22(23)30-24)28(36)33-13-11-32(12-14-33)25-8-3-2-7-21(25)29/h2-10,15-17,34H,11-14H2,1H3,(H,31,35). The Morgan fingerprint density at radius 3 is 2.57 bits per heavy atom. The fourth-order valence-electron chi connectivity index (χ4n) is 4.37. The van der Waals surface area contributed by atoms with Gasteiger partial charge in [-0.1, -0.05) is 24.3 Å². The lowest BCUT2D eigenvalue weighted by molar-refractivity contribution is 0.0747. The van der Waals surface area contributed by atoms with Crippen LogP contribution in [0.3, 0.4) is 0 Å². The Hall–Kier alpha value is -4.66. The molecule has 0 bridgehead atoms. The lowest BCUT2D eigenvalue weighted by Crippen LogP contribution is -2.49. The van der Waals surface area contributed by atoms with Crippen LogP contribution < -0.4 is 15.2 Å². The van der Waals surface area contributed by atoms with E-state index in [-0.39, 0.29) is 23.2 Å². The Bertz CT molecular complexity index is 1560. The van der Waals surface area contributed by atoms with Gasteiger partial charge in [-0.15, -0.1) is 0 Å². The quantitative estimate of drug-likeness (QED) is 0.401. The van der Waals surface area contributed by atoms with Gasteiger partial charge in [0.15, 0.2) is 0 Å². The van der Waals surface area contributed by atoms with E-state index in [1.807, 2.05) is 4.90 Å². The van der Waals surface area contributed by atoms with E-state index in [1.165, 1.54) is 19.3 Å². The number of nitrogens with zero attached hydrogens (tertiary/aromatic N) is 3. The molecule has 8 nitrogen and oxygen atoms in total. The number of halogens is 1. The average Bonchev–Trinajstić information content (AvgIpc) is 2.93. The maximum absolute atomic E-state index is 14.1. The summed E-state index contributed by atoms with van der Waals surface area (Å²) >= 11 is 0. The van der Waals surface area contributed by atoms with Crippen LogP contribution in [0, 0.1) is 5.82 Å². The topological polar surface area (TPSA) is 98.8 Å². The van der Waals surface area contributed by atoms with Crippen molar-refractivity contribution in [2.45, 2.75) is 0 Å². The summed E-state index contributed by atoms with van der Waals surface area (Å²) in [5, 5.41) is 10.5. The molecular weight excluding hydrogens is 475 g/mol. The maximum Gasteiger partial charge on any atom is 0.274 e. The SMILES string of the molecule is COc1cccc(C(O)=Cc2nc3ccc(C(=O)N4CCN(c5ccccc5F)CC4)cc3[nH]c2=O)c1. The predicted octanol–water partition coefficient (Wildman–Crippen LogP) is 4.09. The second-order valence-corrected chi connectivity index (χ2v) is 8.68. The minimum atomic E-state index is -0.495. The summed E-state index contributed by atoms with van der Waals surface area (Å²) in [4.78, 5) is 36.6. The van der Waals surface area contributed by atoms with E-state index in [0.717, 1.165) is 0 Å². The highest BCUT2D eigenvalue weighted by atomic mass is 19.1. The van der Waals surface area contributed by atoms with Crippen molar-refractivity contribution in [1.82, 2.24) is 14.9 Å². The second kappa shape index (κ2) is 10.1. The Morgan fingerprint density at radius 1 is 1.03 bits per heavy atom. The minimum absolute atomic E-state index is 0.0381. The summed E-state index contributed by atoms with van der Waals surface area (Å²) in [5.74, 6) is -0.00361. The molecule has 0 saturated carbocycles. The van der Waals surface area contributed by atoms with Crippen molar-refractivity contribution in [3.05, 3.63) is 99.7 Å². The number of amides is 1. The molecule has 1 aliphatic rings. The molecule has 1 fully saturated rings. The number of fused-ring (bicyclic) bond motifs is 1. The number of aliphatic hydroxyl groups excluding tert-OH is 1. The highest BCUT2D eigenvalue weighted by molar-refractivity contribution is 5.97. The van der Waals surface area contributed by atoms with Crippen LogP contribution in [0.25, 0.3) is 22.9 Å². The van der Waals surface area contributed by atoms with Gasteiger partial charge in [-0.2, -0.15) is 0 Å². The van der Waals surface area contributed by atoms with Crippen molar-refractivity contribution in [2.24, 2.45) is 0 Å². The number of H-pyrrole nitrogens is 1. The second-order valence-electron chi connectivity index (χ2n) is 8.68. The van der Waals surface area contributed by atoms with Gasteiger partial charge in [-0.05, 0) is 42.5 Å². The monoisotopic (exact) mass is 500 g/mol. The Balaban J connectivity index is 1.33. The molecule has 188 valence electrons. The summed E-state index contributed by atoms with van der Waals surface area (Å²) < 4.78 is 19.3. The molecule has 0 atom stereocenters. The van der Waals surface area contributed by atoms with Gasteiger partial charge >= 0.3 is 0 Å². The number of hydrogen-bond donors (Lipinski definition) is 2. The highest BCUT2D eigenvalue weighted by Gasteiger charge is 2.24. The van der Waals surface area contributed by atoms with Crippen LogP contribution in [-0.4, -0.2) is 59.2 Å². The van der Waals surface area contributed by atoms with Gasteiger partial charge in [-0.3, -0.25) is 9.59 Å². The molecule has 1 amide bonds. The van der Waals surface area contributed by atoms with Crippen LogP contribution in [0.1, 0.15) is 21.6 Å². The molecule has 9 heteroatoms. The maximum atomic E-state index is 14.1. The normalized spacial score (nSPS) is 14.2. The van der Waals surface area contributed by atoms with E-state index in [1.54, 1.807) is 65.6 Å².